The molecule has 0 radical (unpaired) electrons. The van der Waals surface area contributed by atoms with Crippen molar-refractivity contribution in [2.45, 2.75) is 20.4 Å². The average Bonchev–Trinajstić information content (AvgIpc) is 2.43. The number of benzene rings is 2. The Morgan fingerprint density at radius 3 is 2.45 bits per heavy atom. The second-order valence-corrected chi connectivity index (χ2v) is 5.40. The number of hydrogen-bond donors (Lipinski definition) is 1. The maximum atomic E-state index is 6.17. The highest BCUT2D eigenvalue weighted by Crippen LogP contribution is 2.33. The molecule has 2 nitrogen and oxygen atoms in total. The number of methoxy groups -OCH3 is 1. The predicted molar refractivity (Wildman–Crippen MR) is 85.7 cm³/mol. The molecule has 0 aliphatic carbocycles. The zero-order chi connectivity index (χ0) is 14.7. The van der Waals surface area contributed by atoms with E-state index in [9.17, 15) is 0 Å². The summed E-state index contributed by atoms with van der Waals surface area (Å²) in [6, 6.07) is 10.3. The first-order valence-electron chi connectivity index (χ1n) is 6.65. The molecular weight excluding hydrogens is 270 g/mol. The van der Waals surface area contributed by atoms with E-state index >= 15 is 0 Å². The molecule has 1 N–H and O–H groups in total. The fourth-order valence-corrected chi connectivity index (χ4v) is 2.62. The monoisotopic (exact) mass is 289 g/mol. The van der Waals surface area contributed by atoms with Crippen LogP contribution in [0.4, 0.5) is 0 Å². The first-order chi connectivity index (χ1) is 9.56. The minimum Gasteiger partial charge on any atom is -0.496 e. The summed E-state index contributed by atoms with van der Waals surface area (Å²) < 4.78 is 5.38. The third kappa shape index (κ3) is 2.97. The molecule has 2 aromatic rings. The molecule has 0 aliphatic heterocycles. The molecule has 0 aliphatic rings. The SMILES string of the molecule is CNCc1ccc(Cl)cc1-c1cc(C)c(OC)cc1C. The van der Waals surface area contributed by atoms with Crippen molar-refractivity contribution in [2.75, 3.05) is 14.2 Å². The van der Waals surface area contributed by atoms with Crippen LogP contribution in [-0.2, 0) is 6.54 Å². The van der Waals surface area contributed by atoms with E-state index in [-0.39, 0.29) is 0 Å². The second kappa shape index (κ2) is 6.29. The van der Waals surface area contributed by atoms with Gasteiger partial charge in [0.15, 0.2) is 0 Å². The van der Waals surface area contributed by atoms with Gasteiger partial charge in [-0.3, -0.25) is 0 Å². The molecule has 0 fully saturated rings. The molecule has 20 heavy (non-hydrogen) atoms. The van der Waals surface area contributed by atoms with Gasteiger partial charge in [-0.25, -0.2) is 0 Å². The molecule has 0 spiro atoms. The predicted octanol–water partition coefficient (Wildman–Crippen LogP) is 4.35. The Hall–Kier alpha value is -1.51. The fourth-order valence-electron chi connectivity index (χ4n) is 2.44. The molecule has 106 valence electrons. The van der Waals surface area contributed by atoms with Crippen LogP contribution in [0.3, 0.4) is 0 Å². The summed E-state index contributed by atoms with van der Waals surface area (Å²) in [5, 5.41) is 3.96. The van der Waals surface area contributed by atoms with E-state index in [1.807, 2.05) is 19.2 Å². The van der Waals surface area contributed by atoms with Crippen molar-refractivity contribution in [1.82, 2.24) is 5.32 Å². The zero-order valence-electron chi connectivity index (χ0n) is 12.4. The minimum atomic E-state index is 0.757. The van der Waals surface area contributed by atoms with Gasteiger partial charge in [0.1, 0.15) is 5.75 Å². The Balaban J connectivity index is 2.61. The molecular formula is C17H20ClNO. The average molecular weight is 290 g/mol. The summed E-state index contributed by atoms with van der Waals surface area (Å²) in [5.41, 5.74) is 5.94. The molecule has 3 heteroatoms. The molecule has 0 aromatic heterocycles. The first kappa shape index (κ1) is 14.9. The van der Waals surface area contributed by atoms with E-state index in [0.717, 1.165) is 22.9 Å². The van der Waals surface area contributed by atoms with Gasteiger partial charge in [0.2, 0.25) is 0 Å². The number of rotatable bonds is 4. The standard InChI is InChI=1S/C17H20ClNO/c1-11-8-17(20-4)12(2)7-15(11)16-9-14(18)6-5-13(16)10-19-3/h5-9,19H,10H2,1-4H3. The highest BCUT2D eigenvalue weighted by molar-refractivity contribution is 6.30. The van der Waals surface area contributed by atoms with Gasteiger partial charge in [0.05, 0.1) is 7.11 Å². The smallest absolute Gasteiger partial charge is 0.122 e. The number of halogens is 1. The van der Waals surface area contributed by atoms with Crippen LogP contribution in [0.5, 0.6) is 5.75 Å². The third-order valence-electron chi connectivity index (χ3n) is 3.47. The molecule has 2 aromatic carbocycles. The van der Waals surface area contributed by atoms with E-state index in [1.54, 1.807) is 7.11 Å². The van der Waals surface area contributed by atoms with E-state index < -0.39 is 0 Å². The lowest BCUT2D eigenvalue weighted by molar-refractivity contribution is 0.411. The van der Waals surface area contributed by atoms with Gasteiger partial charge in [-0.15, -0.1) is 0 Å². The van der Waals surface area contributed by atoms with E-state index in [1.165, 1.54) is 22.3 Å². The summed E-state index contributed by atoms with van der Waals surface area (Å²) in [6.45, 7) is 4.97. The van der Waals surface area contributed by atoms with Crippen molar-refractivity contribution >= 4 is 11.6 Å². The van der Waals surface area contributed by atoms with Crippen LogP contribution in [0, 0.1) is 13.8 Å². The van der Waals surface area contributed by atoms with Gasteiger partial charge in [-0.05, 0) is 73.0 Å². The lowest BCUT2D eigenvalue weighted by atomic mass is 9.94. The third-order valence-corrected chi connectivity index (χ3v) is 3.71. The highest BCUT2D eigenvalue weighted by Gasteiger charge is 2.11. The van der Waals surface area contributed by atoms with Crippen molar-refractivity contribution in [3.8, 4) is 16.9 Å². The normalized spacial score (nSPS) is 10.7. The molecule has 2 rings (SSSR count). The molecule has 0 atom stereocenters. The summed E-state index contributed by atoms with van der Waals surface area (Å²) in [4.78, 5) is 0. The molecule has 0 amide bonds. The van der Waals surface area contributed by atoms with Crippen molar-refractivity contribution in [2.24, 2.45) is 0 Å². The number of hydrogen-bond acceptors (Lipinski definition) is 2. The maximum Gasteiger partial charge on any atom is 0.122 e. The molecule has 0 saturated carbocycles. The summed E-state index contributed by atoms with van der Waals surface area (Å²) in [6.07, 6.45) is 0. The van der Waals surface area contributed by atoms with Gasteiger partial charge >= 0.3 is 0 Å². The van der Waals surface area contributed by atoms with Crippen LogP contribution in [0.2, 0.25) is 5.02 Å². The number of aryl methyl sites for hydroxylation is 2. The van der Waals surface area contributed by atoms with Gasteiger partial charge in [-0.1, -0.05) is 17.7 Å². The van der Waals surface area contributed by atoms with Gasteiger partial charge in [0, 0.05) is 11.6 Å². The quantitative estimate of drug-likeness (QED) is 0.903. The van der Waals surface area contributed by atoms with Crippen molar-refractivity contribution < 1.29 is 4.74 Å². The lowest BCUT2D eigenvalue weighted by Gasteiger charge is -2.15. The number of nitrogens with one attached hydrogen (secondary N) is 1. The van der Waals surface area contributed by atoms with E-state index in [4.69, 9.17) is 16.3 Å². The molecule has 0 bridgehead atoms. The van der Waals surface area contributed by atoms with E-state index in [0.29, 0.717) is 0 Å². The van der Waals surface area contributed by atoms with Gasteiger partial charge in [-0.2, -0.15) is 0 Å². The largest absolute Gasteiger partial charge is 0.496 e. The van der Waals surface area contributed by atoms with Crippen LogP contribution in [0.15, 0.2) is 30.3 Å². The minimum absolute atomic E-state index is 0.757. The zero-order valence-corrected chi connectivity index (χ0v) is 13.1. The number of ether oxygens (including phenoxy) is 1. The Morgan fingerprint density at radius 2 is 1.80 bits per heavy atom. The first-order valence-corrected chi connectivity index (χ1v) is 7.03. The summed E-state index contributed by atoms with van der Waals surface area (Å²) in [7, 11) is 3.65. The van der Waals surface area contributed by atoms with Crippen LogP contribution in [0.25, 0.3) is 11.1 Å². The van der Waals surface area contributed by atoms with Crippen LogP contribution >= 0.6 is 11.6 Å². The van der Waals surface area contributed by atoms with Gasteiger partial charge < -0.3 is 10.1 Å². The van der Waals surface area contributed by atoms with Crippen molar-refractivity contribution in [1.29, 1.82) is 0 Å². The van der Waals surface area contributed by atoms with Crippen LogP contribution in [-0.4, -0.2) is 14.2 Å². The van der Waals surface area contributed by atoms with Crippen molar-refractivity contribution in [3.05, 3.63) is 52.0 Å². The molecule has 0 saturated heterocycles. The van der Waals surface area contributed by atoms with Crippen LogP contribution in [0.1, 0.15) is 16.7 Å². The summed E-state index contributed by atoms with van der Waals surface area (Å²) in [5.74, 6) is 0.920. The second-order valence-electron chi connectivity index (χ2n) is 4.97. The summed E-state index contributed by atoms with van der Waals surface area (Å²) >= 11 is 6.17. The molecule has 0 heterocycles. The maximum absolute atomic E-state index is 6.17. The van der Waals surface area contributed by atoms with Gasteiger partial charge in [0.25, 0.3) is 0 Å². The van der Waals surface area contributed by atoms with E-state index in [2.05, 4.69) is 37.4 Å². The Bertz CT molecular complexity index is 623. The van der Waals surface area contributed by atoms with Crippen LogP contribution < -0.4 is 10.1 Å². The Labute approximate surface area is 125 Å². The Kier molecular flexibility index (Phi) is 4.69. The molecule has 0 unspecified atom stereocenters. The highest BCUT2D eigenvalue weighted by atomic mass is 35.5. The topological polar surface area (TPSA) is 21.3 Å². The Morgan fingerprint density at radius 1 is 1.05 bits per heavy atom. The fraction of sp³-hybridized carbons (Fsp3) is 0.294. The lowest BCUT2D eigenvalue weighted by Crippen LogP contribution is -2.06. The van der Waals surface area contributed by atoms with Crippen molar-refractivity contribution in [3.63, 3.8) is 0 Å².